The summed E-state index contributed by atoms with van der Waals surface area (Å²) in [6.45, 7) is 4.32. The Morgan fingerprint density at radius 3 is 2.59 bits per heavy atom. The number of hydrogen-bond acceptors (Lipinski definition) is 1. The van der Waals surface area contributed by atoms with Gasteiger partial charge < -0.3 is 0 Å². The van der Waals surface area contributed by atoms with E-state index in [-0.39, 0.29) is 0 Å². The van der Waals surface area contributed by atoms with Crippen LogP contribution in [-0.4, -0.2) is 0 Å². The summed E-state index contributed by atoms with van der Waals surface area (Å²) in [5.74, 6) is 0. The van der Waals surface area contributed by atoms with Gasteiger partial charge in [0.25, 0.3) is 0 Å². The van der Waals surface area contributed by atoms with E-state index in [4.69, 9.17) is 11.6 Å². The van der Waals surface area contributed by atoms with Crippen molar-refractivity contribution in [2.24, 2.45) is 0 Å². The van der Waals surface area contributed by atoms with Crippen LogP contribution in [0, 0.1) is 13.8 Å². The summed E-state index contributed by atoms with van der Waals surface area (Å²) in [4.78, 5) is 3.11. The molecule has 0 nitrogen and oxygen atoms in total. The number of aryl methyl sites for hydroxylation is 2. The highest BCUT2D eigenvalue weighted by Gasteiger charge is 2.13. The minimum absolute atomic E-state index is 0.347. The summed E-state index contributed by atoms with van der Waals surface area (Å²) in [6.07, 6.45) is 0.930. The third kappa shape index (κ3) is 3.12. The van der Waals surface area contributed by atoms with Gasteiger partial charge in [-0.15, -0.1) is 11.3 Å². The standard InChI is InChI=1S/C14H14BrClS/c1-9-7-14(17-10(9)2)12(15)8-11-5-3-4-6-13(11)16/h3-7,12H,8H2,1-2H3. The van der Waals surface area contributed by atoms with E-state index >= 15 is 0 Å². The van der Waals surface area contributed by atoms with E-state index in [1.165, 1.54) is 20.9 Å². The quantitative estimate of drug-likeness (QED) is 0.634. The van der Waals surface area contributed by atoms with Crippen molar-refractivity contribution in [3.63, 3.8) is 0 Å². The van der Waals surface area contributed by atoms with Crippen LogP contribution in [0.15, 0.2) is 30.3 Å². The third-order valence-corrected chi connectivity index (χ3v) is 5.61. The van der Waals surface area contributed by atoms with Gasteiger partial charge in [0.2, 0.25) is 0 Å². The van der Waals surface area contributed by atoms with Crippen LogP contribution >= 0.6 is 38.9 Å². The van der Waals surface area contributed by atoms with E-state index in [2.05, 4.69) is 41.9 Å². The van der Waals surface area contributed by atoms with Crippen molar-refractivity contribution in [3.05, 3.63) is 56.2 Å². The maximum Gasteiger partial charge on any atom is 0.0530 e. The maximum atomic E-state index is 6.17. The van der Waals surface area contributed by atoms with Gasteiger partial charge >= 0.3 is 0 Å². The Morgan fingerprint density at radius 2 is 2.00 bits per heavy atom. The zero-order chi connectivity index (χ0) is 12.4. The molecule has 0 aliphatic rings. The van der Waals surface area contributed by atoms with Crippen LogP contribution in [0.5, 0.6) is 0 Å². The first kappa shape index (κ1) is 13.1. The fourth-order valence-corrected chi connectivity index (χ4v) is 3.71. The van der Waals surface area contributed by atoms with Gasteiger partial charge in [0.1, 0.15) is 0 Å². The molecule has 1 heterocycles. The third-order valence-electron chi connectivity index (χ3n) is 2.85. The fraction of sp³-hybridized carbons (Fsp3) is 0.286. The van der Waals surface area contributed by atoms with Gasteiger partial charge in [-0.1, -0.05) is 45.7 Å². The molecule has 0 amide bonds. The van der Waals surface area contributed by atoms with E-state index in [0.717, 1.165) is 11.4 Å². The Morgan fingerprint density at radius 1 is 1.29 bits per heavy atom. The van der Waals surface area contributed by atoms with E-state index in [1.54, 1.807) is 0 Å². The second-order valence-corrected chi connectivity index (χ2v) is 6.95. The first-order valence-electron chi connectivity index (χ1n) is 5.52. The normalized spacial score (nSPS) is 12.7. The molecular formula is C14H14BrClS. The van der Waals surface area contributed by atoms with Gasteiger partial charge in [-0.3, -0.25) is 0 Å². The molecule has 2 rings (SSSR count). The summed E-state index contributed by atoms with van der Waals surface area (Å²) < 4.78 is 0. The summed E-state index contributed by atoms with van der Waals surface area (Å²) >= 11 is 11.8. The van der Waals surface area contributed by atoms with Crippen molar-refractivity contribution in [2.75, 3.05) is 0 Å². The maximum absolute atomic E-state index is 6.17. The zero-order valence-corrected chi connectivity index (χ0v) is 13.0. The lowest BCUT2D eigenvalue weighted by Gasteiger charge is -2.09. The molecule has 0 aliphatic carbocycles. The van der Waals surface area contributed by atoms with Gasteiger partial charge in [-0.05, 0) is 43.5 Å². The first-order valence-corrected chi connectivity index (χ1v) is 7.63. The van der Waals surface area contributed by atoms with Crippen molar-refractivity contribution in [1.29, 1.82) is 0 Å². The highest BCUT2D eigenvalue weighted by Crippen LogP contribution is 2.35. The van der Waals surface area contributed by atoms with Crippen LogP contribution in [0.4, 0.5) is 0 Å². The smallest absolute Gasteiger partial charge is 0.0530 e. The summed E-state index contributed by atoms with van der Waals surface area (Å²) in [7, 11) is 0. The largest absolute Gasteiger partial charge is 0.144 e. The number of hydrogen-bond donors (Lipinski definition) is 0. The molecule has 0 fully saturated rings. The second-order valence-electron chi connectivity index (χ2n) is 4.15. The number of thiophene rings is 1. The molecule has 0 bridgehead atoms. The number of halogens is 2. The van der Waals surface area contributed by atoms with Crippen LogP contribution in [0.3, 0.4) is 0 Å². The van der Waals surface area contributed by atoms with Crippen LogP contribution < -0.4 is 0 Å². The topological polar surface area (TPSA) is 0 Å². The molecule has 0 saturated heterocycles. The molecule has 1 aromatic carbocycles. The summed E-state index contributed by atoms with van der Waals surface area (Å²) in [5, 5.41) is 0.849. The van der Waals surface area contributed by atoms with Crippen molar-refractivity contribution in [2.45, 2.75) is 25.1 Å². The van der Waals surface area contributed by atoms with Gasteiger partial charge in [0.15, 0.2) is 0 Å². The predicted molar refractivity (Wildman–Crippen MR) is 80.6 cm³/mol. The van der Waals surface area contributed by atoms with Crippen molar-refractivity contribution < 1.29 is 0 Å². The molecule has 0 radical (unpaired) electrons. The van der Waals surface area contributed by atoms with Crippen molar-refractivity contribution in [3.8, 4) is 0 Å². The van der Waals surface area contributed by atoms with Crippen molar-refractivity contribution in [1.82, 2.24) is 0 Å². The Labute approximate surface area is 120 Å². The van der Waals surface area contributed by atoms with Gasteiger partial charge in [0, 0.05) is 14.8 Å². The zero-order valence-electron chi connectivity index (χ0n) is 9.84. The van der Waals surface area contributed by atoms with E-state index in [9.17, 15) is 0 Å². The van der Waals surface area contributed by atoms with Crippen LogP contribution in [-0.2, 0) is 6.42 Å². The summed E-state index contributed by atoms with van der Waals surface area (Å²) in [6, 6.07) is 10.3. The minimum Gasteiger partial charge on any atom is -0.144 e. The molecule has 2 aromatic rings. The van der Waals surface area contributed by atoms with Gasteiger partial charge in [0.05, 0.1) is 4.83 Å². The molecular weight excluding hydrogens is 316 g/mol. The molecule has 1 atom stereocenters. The first-order chi connectivity index (χ1) is 8.08. The van der Waals surface area contributed by atoms with Gasteiger partial charge in [-0.2, -0.15) is 0 Å². The molecule has 90 valence electrons. The average molecular weight is 330 g/mol. The number of alkyl halides is 1. The highest BCUT2D eigenvalue weighted by molar-refractivity contribution is 9.09. The van der Waals surface area contributed by atoms with Crippen LogP contribution in [0.2, 0.25) is 5.02 Å². The number of rotatable bonds is 3. The Kier molecular flexibility index (Phi) is 4.29. The molecule has 0 N–H and O–H groups in total. The Bertz CT molecular complexity index is 499. The minimum atomic E-state index is 0.347. The molecule has 0 aliphatic heterocycles. The fourth-order valence-electron chi connectivity index (χ4n) is 1.71. The lowest BCUT2D eigenvalue weighted by molar-refractivity contribution is 0.969. The molecule has 0 spiro atoms. The Balaban J connectivity index is 2.17. The molecule has 1 aromatic heterocycles. The molecule has 3 heteroatoms. The second kappa shape index (κ2) is 5.55. The van der Waals surface area contributed by atoms with Gasteiger partial charge in [-0.25, -0.2) is 0 Å². The SMILES string of the molecule is Cc1cc(C(Br)Cc2ccccc2Cl)sc1C. The predicted octanol–water partition coefficient (Wildman–Crippen LogP) is 5.70. The van der Waals surface area contributed by atoms with Crippen LogP contribution in [0.1, 0.15) is 25.7 Å². The van der Waals surface area contributed by atoms with E-state index in [1.807, 2.05) is 29.5 Å². The average Bonchev–Trinajstić information content (AvgIpc) is 2.63. The van der Waals surface area contributed by atoms with E-state index in [0.29, 0.717) is 4.83 Å². The lowest BCUT2D eigenvalue weighted by Crippen LogP contribution is -1.93. The number of benzene rings is 1. The Hall–Kier alpha value is -0.310. The highest BCUT2D eigenvalue weighted by atomic mass is 79.9. The monoisotopic (exact) mass is 328 g/mol. The molecule has 17 heavy (non-hydrogen) atoms. The molecule has 0 saturated carbocycles. The van der Waals surface area contributed by atoms with E-state index < -0.39 is 0 Å². The van der Waals surface area contributed by atoms with Crippen LogP contribution in [0.25, 0.3) is 0 Å². The lowest BCUT2D eigenvalue weighted by atomic mass is 10.1. The van der Waals surface area contributed by atoms with Crippen molar-refractivity contribution >= 4 is 38.9 Å². The summed E-state index contributed by atoms with van der Waals surface area (Å²) in [5.41, 5.74) is 2.56. The molecule has 1 unspecified atom stereocenters.